The van der Waals surface area contributed by atoms with Gasteiger partial charge in [0.2, 0.25) is 5.88 Å². The lowest BCUT2D eigenvalue weighted by Gasteiger charge is -2.13. The molecule has 0 aliphatic rings. The first-order chi connectivity index (χ1) is 10.6. The summed E-state index contributed by atoms with van der Waals surface area (Å²) in [4.78, 5) is 14.2. The number of carbonyl (C=O) groups excluding carboxylic acids is 1. The molecule has 1 aromatic carbocycles. The molecule has 1 N–H and O–H groups in total. The molecule has 0 radical (unpaired) electrons. The number of benzene rings is 1. The molecule has 2 heterocycles. The fourth-order valence-corrected chi connectivity index (χ4v) is 2.64. The number of nitrogens with zero attached hydrogens (tertiary/aromatic N) is 2. The number of thiophene rings is 1. The Bertz CT molecular complexity index is 778. The maximum absolute atomic E-state index is 12.3. The second kappa shape index (κ2) is 6.03. The number of nitrogens with one attached hydrogen (secondary N) is 1. The number of aromatic nitrogens is 1. The van der Waals surface area contributed by atoms with E-state index in [0.717, 1.165) is 11.3 Å². The number of carbonyl (C=O) groups is 1. The van der Waals surface area contributed by atoms with E-state index in [-0.39, 0.29) is 5.91 Å². The summed E-state index contributed by atoms with van der Waals surface area (Å²) < 4.78 is 5.17. The molecule has 0 fully saturated rings. The van der Waals surface area contributed by atoms with E-state index in [1.165, 1.54) is 0 Å². The minimum Gasteiger partial charge on any atom is -0.378 e. The molecule has 0 aliphatic heterocycles. The van der Waals surface area contributed by atoms with Gasteiger partial charge >= 0.3 is 0 Å². The third kappa shape index (κ3) is 3.01. The van der Waals surface area contributed by atoms with Crippen molar-refractivity contribution in [2.75, 3.05) is 24.3 Å². The molecule has 5 nitrogen and oxygen atoms in total. The first-order valence-electron chi connectivity index (χ1n) is 6.71. The van der Waals surface area contributed by atoms with E-state index >= 15 is 0 Å². The van der Waals surface area contributed by atoms with Crippen molar-refractivity contribution in [3.8, 4) is 11.3 Å². The first-order valence-corrected chi connectivity index (χ1v) is 7.66. The third-order valence-electron chi connectivity index (χ3n) is 3.19. The van der Waals surface area contributed by atoms with Gasteiger partial charge < -0.3 is 9.42 Å². The van der Waals surface area contributed by atoms with E-state index in [2.05, 4.69) is 10.5 Å². The van der Waals surface area contributed by atoms with Gasteiger partial charge in [0.1, 0.15) is 5.69 Å². The summed E-state index contributed by atoms with van der Waals surface area (Å²) in [6, 6.07) is 11.1. The lowest BCUT2D eigenvalue weighted by molar-refractivity contribution is 0.102. The van der Waals surface area contributed by atoms with Gasteiger partial charge in [0.15, 0.2) is 0 Å². The molecule has 0 spiro atoms. The van der Waals surface area contributed by atoms with Crippen LogP contribution in [0.5, 0.6) is 0 Å². The Hall–Kier alpha value is -2.60. The van der Waals surface area contributed by atoms with Crippen LogP contribution in [0.25, 0.3) is 11.3 Å². The highest BCUT2D eigenvalue weighted by atomic mass is 32.1. The molecule has 0 saturated heterocycles. The van der Waals surface area contributed by atoms with Crippen molar-refractivity contribution in [2.45, 2.75) is 0 Å². The highest BCUT2D eigenvalue weighted by molar-refractivity contribution is 7.08. The van der Waals surface area contributed by atoms with Gasteiger partial charge in [-0.15, -0.1) is 0 Å². The zero-order valence-electron chi connectivity index (χ0n) is 12.2. The van der Waals surface area contributed by atoms with E-state index in [1.807, 2.05) is 54.0 Å². The Kier molecular flexibility index (Phi) is 3.93. The summed E-state index contributed by atoms with van der Waals surface area (Å²) in [6.07, 6.45) is 0. The smallest absolute Gasteiger partial charge is 0.258 e. The molecule has 0 atom stereocenters. The van der Waals surface area contributed by atoms with Crippen molar-refractivity contribution in [2.24, 2.45) is 0 Å². The van der Waals surface area contributed by atoms with Crippen LogP contribution in [0.3, 0.4) is 0 Å². The van der Waals surface area contributed by atoms with Crippen LogP contribution in [0.2, 0.25) is 0 Å². The summed E-state index contributed by atoms with van der Waals surface area (Å²) in [7, 11) is 3.86. The maximum atomic E-state index is 12.3. The second-order valence-corrected chi connectivity index (χ2v) is 5.77. The van der Waals surface area contributed by atoms with Gasteiger partial charge in [-0.05, 0) is 29.6 Å². The Morgan fingerprint density at radius 3 is 2.86 bits per heavy atom. The van der Waals surface area contributed by atoms with Gasteiger partial charge in [0.25, 0.3) is 5.91 Å². The molecule has 1 amide bonds. The summed E-state index contributed by atoms with van der Waals surface area (Å²) in [5, 5.41) is 10.6. The maximum Gasteiger partial charge on any atom is 0.258 e. The number of rotatable bonds is 4. The highest BCUT2D eigenvalue weighted by Gasteiger charge is 2.12. The Morgan fingerprint density at radius 2 is 2.14 bits per heavy atom. The van der Waals surface area contributed by atoms with Crippen molar-refractivity contribution < 1.29 is 9.32 Å². The molecule has 0 aliphatic carbocycles. The second-order valence-electron chi connectivity index (χ2n) is 4.99. The molecular weight excluding hydrogens is 298 g/mol. The molecule has 112 valence electrons. The van der Waals surface area contributed by atoms with Gasteiger partial charge in [-0.3, -0.25) is 10.1 Å². The lowest BCUT2D eigenvalue weighted by atomic mass is 10.2. The van der Waals surface area contributed by atoms with Crippen LogP contribution < -0.4 is 10.2 Å². The van der Waals surface area contributed by atoms with Crippen molar-refractivity contribution in [3.63, 3.8) is 0 Å². The SMILES string of the molecule is CN(C)c1cccc(C(=O)Nc2cc(-c3ccsc3)no2)c1. The molecule has 3 rings (SSSR count). The molecule has 0 saturated carbocycles. The predicted octanol–water partition coefficient (Wildman–Crippen LogP) is 3.72. The normalized spacial score (nSPS) is 10.5. The standard InChI is InChI=1S/C16H15N3O2S/c1-19(2)13-5-3-4-11(8-13)16(20)17-15-9-14(18-21-15)12-6-7-22-10-12/h3-10H,1-2H3,(H,17,20). The van der Waals surface area contributed by atoms with E-state index in [4.69, 9.17) is 4.52 Å². The third-order valence-corrected chi connectivity index (χ3v) is 3.87. The Morgan fingerprint density at radius 1 is 1.27 bits per heavy atom. The summed E-state index contributed by atoms with van der Waals surface area (Å²) in [6.45, 7) is 0. The monoisotopic (exact) mass is 313 g/mol. The average molecular weight is 313 g/mol. The van der Waals surface area contributed by atoms with Gasteiger partial charge in [0, 0.05) is 42.4 Å². The quantitative estimate of drug-likeness (QED) is 0.797. The van der Waals surface area contributed by atoms with Gasteiger partial charge in [-0.1, -0.05) is 11.2 Å². The molecule has 6 heteroatoms. The molecular formula is C16H15N3O2S. The van der Waals surface area contributed by atoms with Crippen molar-refractivity contribution in [1.82, 2.24) is 5.16 Å². The van der Waals surface area contributed by atoms with Crippen LogP contribution in [0.4, 0.5) is 11.6 Å². The summed E-state index contributed by atoms with van der Waals surface area (Å²) >= 11 is 1.59. The van der Waals surface area contributed by atoms with Crippen LogP contribution in [-0.2, 0) is 0 Å². The van der Waals surface area contributed by atoms with Crippen molar-refractivity contribution >= 4 is 28.8 Å². The molecule has 2 aromatic heterocycles. The van der Waals surface area contributed by atoms with Crippen LogP contribution in [0.1, 0.15) is 10.4 Å². The molecule has 0 bridgehead atoms. The zero-order chi connectivity index (χ0) is 15.5. The summed E-state index contributed by atoms with van der Waals surface area (Å²) in [5.41, 5.74) is 3.21. The number of amides is 1. The van der Waals surface area contributed by atoms with E-state index < -0.39 is 0 Å². The van der Waals surface area contributed by atoms with E-state index in [0.29, 0.717) is 17.1 Å². The number of hydrogen-bond donors (Lipinski definition) is 1. The minimum atomic E-state index is -0.225. The van der Waals surface area contributed by atoms with Crippen LogP contribution >= 0.6 is 11.3 Å². The Balaban J connectivity index is 1.76. The van der Waals surface area contributed by atoms with Crippen LogP contribution in [0, 0.1) is 0 Å². The van der Waals surface area contributed by atoms with Crippen molar-refractivity contribution in [3.05, 3.63) is 52.7 Å². The van der Waals surface area contributed by atoms with Crippen LogP contribution in [-0.4, -0.2) is 25.2 Å². The van der Waals surface area contributed by atoms with Gasteiger partial charge in [-0.25, -0.2) is 0 Å². The fraction of sp³-hybridized carbons (Fsp3) is 0.125. The average Bonchev–Trinajstić information content (AvgIpc) is 3.18. The number of hydrogen-bond acceptors (Lipinski definition) is 5. The van der Waals surface area contributed by atoms with Gasteiger partial charge in [0.05, 0.1) is 0 Å². The Labute approximate surface area is 132 Å². The minimum absolute atomic E-state index is 0.225. The van der Waals surface area contributed by atoms with Crippen LogP contribution in [0.15, 0.2) is 51.7 Å². The zero-order valence-corrected chi connectivity index (χ0v) is 13.1. The fourth-order valence-electron chi connectivity index (χ4n) is 1.99. The van der Waals surface area contributed by atoms with Crippen molar-refractivity contribution in [1.29, 1.82) is 0 Å². The molecule has 0 unspecified atom stereocenters. The van der Waals surface area contributed by atoms with E-state index in [9.17, 15) is 4.79 Å². The van der Waals surface area contributed by atoms with E-state index in [1.54, 1.807) is 23.5 Å². The van der Waals surface area contributed by atoms with Gasteiger partial charge in [-0.2, -0.15) is 11.3 Å². The molecule has 3 aromatic rings. The lowest BCUT2D eigenvalue weighted by Crippen LogP contribution is -2.13. The predicted molar refractivity (Wildman–Crippen MR) is 88.5 cm³/mol. The molecule has 22 heavy (non-hydrogen) atoms. The largest absolute Gasteiger partial charge is 0.378 e. The number of anilines is 2. The topological polar surface area (TPSA) is 58.4 Å². The first kappa shape index (κ1) is 14.3. The highest BCUT2D eigenvalue weighted by Crippen LogP contribution is 2.24. The summed E-state index contributed by atoms with van der Waals surface area (Å²) in [5.74, 6) is 0.109.